The Labute approximate surface area is 147 Å². The van der Waals surface area contributed by atoms with Crippen LogP contribution in [0.25, 0.3) is 0 Å². The number of guanidine groups is 1. The standard InChI is InChI=1S/C15H20FN5.HI/c1-12-10-13(4-5-14(12)16)11-19-15(17-2)18-7-9-21-8-3-6-20-21;/h3-6,8,10H,7,9,11H2,1-2H3,(H2,17,18,19);1H. The van der Waals surface area contributed by atoms with E-state index in [1.54, 1.807) is 26.2 Å². The number of hydrogen-bond donors (Lipinski definition) is 2. The number of halogens is 2. The number of nitrogens with zero attached hydrogens (tertiary/aromatic N) is 3. The fourth-order valence-corrected chi connectivity index (χ4v) is 1.94. The van der Waals surface area contributed by atoms with Crippen molar-refractivity contribution in [3.63, 3.8) is 0 Å². The molecule has 0 aliphatic heterocycles. The number of aliphatic imine (C=N–C) groups is 1. The van der Waals surface area contributed by atoms with Gasteiger partial charge in [-0.25, -0.2) is 4.39 Å². The molecule has 0 spiro atoms. The van der Waals surface area contributed by atoms with E-state index >= 15 is 0 Å². The third-order valence-corrected chi connectivity index (χ3v) is 3.10. The van der Waals surface area contributed by atoms with Crippen LogP contribution in [0.4, 0.5) is 4.39 Å². The molecular formula is C15H21FIN5. The summed E-state index contributed by atoms with van der Waals surface area (Å²) in [4.78, 5) is 4.15. The normalized spacial score (nSPS) is 11.0. The molecule has 0 atom stereocenters. The molecule has 2 N–H and O–H groups in total. The van der Waals surface area contributed by atoms with Gasteiger partial charge in [0.15, 0.2) is 5.96 Å². The van der Waals surface area contributed by atoms with Gasteiger partial charge in [-0.2, -0.15) is 5.10 Å². The Morgan fingerprint density at radius 2 is 2.18 bits per heavy atom. The summed E-state index contributed by atoms with van der Waals surface area (Å²) in [6.07, 6.45) is 3.67. The number of benzene rings is 1. The molecule has 22 heavy (non-hydrogen) atoms. The number of aryl methyl sites for hydroxylation is 1. The molecule has 2 rings (SSSR count). The van der Waals surface area contributed by atoms with Crippen LogP contribution in [0, 0.1) is 12.7 Å². The Balaban J connectivity index is 0.00000242. The summed E-state index contributed by atoms with van der Waals surface area (Å²) in [5.41, 5.74) is 1.67. The molecule has 0 bridgehead atoms. The summed E-state index contributed by atoms with van der Waals surface area (Å²) in [5, 5.41) is 10.5. The highest BCUT2D eigenvalue weighted by Gasteiger charge is 2.01. The molecule has 1 aromatic heterocycles. The van der Waals surface area contributed by atoms with E-state index in [-0.39, 0.29) is 29.8 Å². The zero-order valence-electron chi connectivity index (χ0n) is 12.7. The van der Waals surface area contributed by atoms with Gasteiger partial charge < -0.3 is 10.6 Å². The van der Waals surface area contributed by atoms with E-state index in [4.69, 9.17) is 0 Å². The molecule has 0 aliphatic rings. The van der Waals surface area contributed by atoms with Crippen molar-refractivity contribution >= 4 is 29.9 Å². The van der Waals surface area contributed by atoms with Crippen molar-refractivity contribution in [3.8, 4) is 0 Å². The first kappa shape index (κ1) is 18.4. The molecule has 0 saturated carbocycles. The smallest absolute Gasteiger partial charge is 0.191 e. The molecule has 1 aromatic carbocycles. The highest BCUT2D eigenvalue weighted by atomic mass is 127. The second kappa shape index (κ2) is 9.39. The molecule has 0 radical (unpaired) electrons. The Morgan fingerprint density at radius 3 is 2.82 bits per heavy atom. The lowest BCUT2D eigenvalue weighted by atomic mass is 10.1. The summed E-state index contributed by atoms with van der Waals surface area (Å²) in [6.45, 7) is 3.85. The zero-order chi connectivity index (χ0) is 15.1. The molecule has 5 nitrogen and oxygen atoms in total. The predicted octanol–water partition coefficient (Wildman–Crippen LogP) is 2.31. The minimum Gasteiger partial charge on any atom is -0.355 e. The van der Waals surface area contributed by atoms with Crippen LogP contribution in [0.3, 0.4) is 0 Å². The molecular weight excluding hydrogens is 396 g/mol. The van der Waals surface area contributed by atoms with Gasteiger partial charge in [-0.05, 0) is 30.2 Å². The molecule has 120 valence electrons. The van der Waals surface area contributed by atoms with Gasteiger partial charge in [-0.3, -0.25) is 9.67 Å². The van der Waals surface area contributed by atoms with E-state index in [9.17, 15) is 4.39 Å². The van der Waals surface area contributed by atoms with Crippen molar-refractivity contribution in [3.05, 3.63) is 53.6 Å². The maximum atomic E-state index is 13.2. The van der Waals surface area contributed by atoms with E-state index in [0.717, 1.165) is 18.7 Å². The number of hydrogen-bond acceptors (Lipinski definition) is 2. The number of nitrogens with one attached hydrogen (secondary N) is 2. The topological polar surface area (TPSA) is 54.2 Å². The Bertz CT molecular complexity index is 598. The van der Waals surface area contributed by atoms with Gasteiger partial charge >= 0.3 is 0 Å². The zero-order valence-corrected chi connectivity index (χ0v) is 15.0. The fourth-order valence-electron chi connectivity index (χ4n) is 1.94. The summed E-state index contributed by atoms with van der Waals surface area (Å²) >= 11 is 0. The van der Waals surface area contributed by atoms with Crippen LogP contribution in [0.5, 0.6) is 0 Å². The molecule has 2 aromatic rings. The van der Waals surface area contributed by atoms with Gasteiger partial charge in [0.25, 0.3) is 0 Å². The van der Waals surface area contributed by atoms with Crippen LogP contribution in [0.15, 0.2) is 41.7 Å². The third kappa shape index (κ3) is 5.63. The molecule has 1 heterocycles. The first-order valence-corrected chi connectivity index (χ1v) is 6.86. The van der Waals surface area contributed by atoms with Crippen molar-refractivity contribution in [1.29, 1.82) is 0 Å². The van der Waals surface area contributed by atoms with Gasteiger partial charge in [-0.1, -0.05) is 12.1 Å². The lowest BCUT2D eigenvalue weighted by Crippen LogP contribution is -2.38. The number of rotatable bonds is 5. The van der Waals surface area contributed by atoms with Gasteiger partial charge in [-0.15, -0.1) is 24.0 Å². The summed E-state index contributed by atoms with van der Waals surface area (Å²) in [7, 11) is 1.72. The van der Waals surface area contributed by atoms with Crippen molar-refractivity contribution < 1.29 is 4.39 Å². The monoisotopic (exact) mass is 417 g/mol. The summed E-state index contributed by atoms with van der Waals surface area (Å²) < 4.78 is 15.1. The van der Waals surface area contributed by atoms with Crippen LogP contribution in [-0.4, -0.2) is 29.3 Å². The van der Waals surface area contributed by atoms with Gasteiger partial charge in [0.1, 0.15) is 5.82 Å². The van der Waals surface area contributed by atoms with E-state index in [1.165, 1.54) is 6.07 Å². The van der Waals surface area contributed by atoms with E-state index in [1.807, 2.05) is 23.0 Å². The van der Waals surface area contributed by atoms with Crippen LogP contribution in [0.1, 0.15) is 11.1 Å². The van der Waals surface area contributed by atoms with Crippen molar-refractivity contribution in [2.75, 3.05) is 13.6 Å². The van der Waals surface area contributed by atoms with Crippen molar-refractivity contribution in [2.45, 2.75) is 20.0 Å². The molecule has 0 unspecified atom stereocenters. The molecule has 0 amide bonds. The second-order valence-corrected chi connectivity index (χ2v) is 4.71. The fraction of sp³-hybridized carbons (Fsp3) is 0.333. The third-order valence-electron chi connectivity index (χ3n) is 3.10. The van der Waals surface area contributed by atoms with Crippen LogP contribution in [0.2, 0.25) is 0 Å². The maximum absolute atomic E-state index is 13.2. The SMILES string of the molecule is CN=C(NCCn1cccn1)NCc1ccc(F)c(C)c1.I. The lowest BCUT2D eigenvalue weighted by molar-refractivity contribution is 0.597. The van der Waals surface area contributed by atoms with Crippen LogP contribution in [-0.2, 0) is 13.1 Å². The van der Waals surface area contributed by atoms with Crippen molar-refractivity contribution in [2.24, 2.45) is 4.99 Å². The maximum Gasteiger partial charge on any atom is 0.191 e. The molecule has 0 saturated heterocycles. The lowest BCUT2D eigenvalue weighted by Gasteiger charge is -2.12. The Morgan fingerprint density at radius 1 is 1.36 bits per heavy atom. The second-order valence-electron chi connectivity index (χ2n) is 4.71. The first-order chi connectivity index (χ1) is 10.2. The van der Waals surface area contributed by atoms with E-state index in [2.05, 4.69) is 20.7 Å². The molecule has 0 aliphatic carbocycles. The largest absolute Gasteiger partial charge is 0.355 e. The minimum absolute atomic E-state index is 0. The predicted molar refractivity (Wildman–Crippen MR) is 97.0 cm³/mol. The number of aromatic nitrogens is 2. The molecule has 0 fully saturated rings. The highest BCUT2D eigenvalue weighted by molar-refractivity contribution is 14.0. The minimum atomic E-state index is -0.180. The average molecular weight is 417 g/mol. The van der Waals surface area contributed by atoms with Gasteiger partial charge in [0.2, 0.25) is 0 Å². The summed E-state index contributed by atoms with van der Waals surface area (Å²) in [6, 6.07) is 6.98. The van der Waals surface area contributed by atoms with Crippen LogP contribution >= 0.6 is 24.0 Å². The van der Waals surface area contributed by atoms with Gasteiger partial charge in [0.05, 0.1) is 6.54 Å². The quantitative estimate of drug-likeness (QED) is 0.446. The molecule has 7 heteroatoms. The van der Waals surface area contributed by atoms with E-state index in [0.29, 0.717) is 18.1 Å². The Hall–Kier alpha value is -1.64. The summed E-state index contributed by atoms with van der Waals surface area (Å²) in [5.74, 6) is 0.532. The van der Waals surface area contributed by atoms with Crippen molar-refractivity contribution in [1.82, 2.24) is 20.4 Å². The first-order valence-electron chi connectivity index (χ1n) is 6.86. The average Bonchev–Trinajstić information content (AvgIpc) is 2.99. The van der Waals surface area contributed by atoms with Gasteiger partial charge in [0, 0.05) is 32.5 Å². The van der Waals surface area contributed by atoms with E-state index < -0.39 is 0 Å². The Kier molecular flexibility index (Phi) is 7.86. The van der Waals surface area contributed by atoms with Crippen LogP contribution < -0.4 is 10.6 Å². The highest BCUT2D eigenvalue weighted by Crippen LogP contribution is 2.08.